The number of hydrogen-bond donors (Lipinski definition) is 2. The molecule has 27 heavy (non-hydrogen) atoms. The van der Waals surface area contributed by atoms with Crippen molar-refractivity contribution in [3.05, 3.63) is 80.0 Å². The van der Waals surface area contributed by atoms with Gasteiger partial charge in [-0.05, 0) is 62.4 Å². The largest absolute Gasteiger partial charge is 0.507 e. The minimum absolute atomic E-state index is 0.0979. The molecule has 0 unspecified atom stereocenters. The van der Waals surface area contributed by atoms with Crippen molar-refractivity contribution >= 4 is 44.0 Å². The second kappa shape index (κ2) is 8.10. The topological polar surface area (TPSA) is 66.6 Å². The molecule has 0 saturated carbocycles. The van der Waals surface area contributed by atoms with E-state index in [1.54, 1.807) is 18.3 Å². The van der Waals surface area contributed by atoms with Crippen LogP contribution in [0.2, 0.25) is 0 Å². The third kappa shape index (κ3) is 4.31. The Bertz CT molecular complexity index is 1020. The van der Waals surface area contributed by atoms with Crippen molar-refractivity contribution in [2.75, 3.05) is 0 Å². The first-order chi connectivity index (χ1) is 12.9. The van der Waals surface area contributed by atoms with Crippen LogP contribution in [0.4, 0.5) is 0 Å². The van der Waals surface area contributed by atoms with Crippen molar-refractivity contribution in [1.29, 1.82) is 0 Å². The monoisotopic (exact) mass is 489 g/mol. The summed E-state index contributed by atoms with van der Waals surface area (Å²) >= 11 is 6.73. The molecule has 0 bridgehead atoms. The minimum atomic E-state index is -0.480. The lowest BCUT2D eigenvalue weighted by molar-refractivity contribution is 0.0952. The molecule has 1 heterocycles. The lowest BCUT2D eigenvalue weighted by Crippen LogP contribution is -2.17. The highest BCUT2D eigenvalue weighted by molar-refractivity contribution is 9.10. The zero-order valence-corrected chi connectivity index (χ0v) is 17.9. The summed E-state index contributed by atoms with van der Waals surface area (Å²) in [4.78, 5) is 12.2. The van der Waals surface area contributed by atoms with E-state index in [2.05, 4.69) is 47.0 Å². The van der Waals surface area contributed by atoms with Gasteiger partial charge in [-0.15, -0.1) is 0 Å². The predicted molar refractivity (Wildman–Crippen MR) is 114 cm³/mol. The Morgan fingerprint density at radius 2 is 1.74 bits per heavy atom. The number of nitrogens with zero attached hydrogens (tertiary/aromatic N) is 2. The lowest BCUT2D eigenvalue weighted by Gasteiger charge is -2.09. The van der Waals surface area contributed by atoms with E-state index >= 15 is 0 Å². The Labute approximate surface area is 174 Å². The van der Waals surface area contributed by atoms with Gasteiger partial charge in [0.15, 0.2) is 0 Å². The summed E-state index contributed by atoms with van der Waals surface area (Å²) in [6.45, 7) is 4.02. The van der Waals surface area contributed by atoms with Gasteiger partial charge in [-0.3, -0.25) is 4.79 Å². The van der Waals surface area contributed by atoms with Gasteiger partial charge in [0.25, 0.3) is 5.91 Å². The second-order valence-electron chi connectivity index (χ2n) is 6.00. The number of aromatic hydroxyl groups is 1. The molecule has 0 saturated heterocycles. The molecule has 3 rings (SSSR count). The van der Waals surface area contributed by atoms with Gasteiger partial charge in [0.05, 0.1) is 11.8 Å². The van der Waals surface area contributed by atoms with Crippen LogP contribution in [-0.2, 0) is 0 Å². The van der Waals surface area contributed by atoms with E-state index in [-0.39, 0.29) is 11.3 Å². The Kier molecular flexibility index (Phi) is 5.82. The molecule has 7 heteroatoms. The van der Waals surface area contributed by atoms with Crippen molar-refractivity contribution in [3.63, 3.8) is 0 Å². The number of aryl methyl sites for hydroxylation is 1. The third-order valence-corrected chi connectivity index (χ3v) is 5.15. The summed E-state index contributed by atoms with van der Waals surface area (Å²) in [5.74, 6) is -0.578. The number of phenols is 1. The van der Waals surface area contributed by atoms with Crippen molar-refractivity contribution < 1.29 is 9.90 Å². The van der Waals surface area contributed by atoms with Gasteiger partial charge in [0.1, 0.15) is 5.75 Å². The maximum atomic E-state index is 12.2. The molecule has 0 radical (unpaired) electrons. The molecule has 0 atom stereocenters. The maximum absolute atomic E-state index is 12.2. The lowest BCUT2D eigenvalue weighted by atomic mass is 10.2. The zero-order valence-electron chi connectivity index (χ0n) is 14.7. The van der Waals surface area contributed by atoms with Crippen LogP contribution in [0.15, 0.2) is 62.6 Å². The van der Waals surface area contributed by atoms with Crippen molar-refractivity contribution in [2.45, 2.75) is 13.8 Å². The van der Waals surface area contributed by atoms with Gasteiger partial charge in [0.2, 0.25) is 0 Å². The zero-order chi connectivity index (χ0) is 19.6. The van der Waals surface area contributed by atoms with Crippen molar-refractivity contribution in [1.82, 2.24) is 9.99 Å². The molecule has 0 aliphatic heterocycles. The first-order valence-electron chi connectivity index (χ1n) is 8.13. The Hall–Kier alpha value is -2.38. The number of hydrazone groups is 1. The normalized spacial score (nSPS) is 11.1. The molecule has 0 aliphatic rings. The average molecular weight is 491 g/mol. The molecule has 0 fully saturated rings. The van der Waals surface area contributed by atoms with E-state index in [1.807, 2.05) is 44.2 Å². The number of nitrogens with one attached hydrogen (secondary N) is 1. The van der Waals surface area contributed by atoms with E-state index in [1.165, 1.54) is 6.07 Å². The molecule has 2 N–H and O–H groups in total. The first-order valence-corrected chi connectivity index (χ1v) is 9.72. The van der Waals surface area contributed by atoms with E-state index in [9.17, 15) is 9.90 Å². The Morgan fingerprint density at radius 3 is 2.44 bits per heavy atom. The highest BCUT2D eigenvalue weighted by atomic mass is 79.9. The maximum Gasteiger partial charge on any atom is 0.275 e. The van der Waals surface area contributed by atoms with E-state index < -0.39 is 5.91 Å². The number of carbonyl (C=O) groups is 1. The van der Waals surface area contributed by atoms with Crippen molar-refractivity contribution in [3.8, 4) is 11.4 Å². The molecule has 138 valence electrons. The number of aromatic nitrogens is 1. The van der Waals surface area contributed by atoms with Crippen LogP contribution >= 0.6 is 31.9 Å². The number of phenolic OH excluding ortho intramolecular Hbond substituents is 1. The highest BCUT2D eigenvalue weighted by Crippen LogP contribution is 2.23. The molecule has 0 spiro atoms. The van der Waals surface area contributed by atoms with Gasteiger partial charge in [0, 0.05) is 31.6 Å². The molecule has 3 aromatic rings. The third-order valence-electron chi connectivity index (χ3n) is 4.13. The Balaban J connectivity index is 1.80. The van der Waals surface area contributed by atoms with Crippen LogP contribution in [0, 0.1) is 13.8 Å². The van der Waals surface area contributed by atoms with E-state index in [0.717, 1.165) is 27.1 Å². The molecule has 1 amide bonds. The fourth-order valence-electron chi connectivity index (χ4n) is 2.82. The Morgan fingerprint density at radius 1 is 1.07 bits per heavy atom. The summed E-state index contributed by atoms with van der Waals surface area (Å²) in [5.41, 5.74) is 6.63. The van der Waals surface area contributed by atoms with E-state index in [0.29, 0.717) is 4.47 Å². The number of rotatable bonds is 4. The molecular weight excluding hydrogens is 474 g/mol. The van der Waals surface area contributed by atoms with Crippen LogP contribution in [0.5, 0.6) is 5.75 Å². The van der Waals surface area contributed by atoms with Gasteiger partial charge < -0.3 is 9.67 Å². The molecule has 0 aliphatic carbocycles. The standard InChI is InChI=1S/C20H17Br2N3O2/c1-12-9-14(13(2)25(12)17-6-3-15(21)4-7-17)11-23-24-20(27)18-10-16(22)5-8-19(18)26/h3-11,26H,1-2H3,(H,24,27)/b23-11+. The fourth-order valence-corrected chi connectivity index (χ4v) is 3.44. The molecular formula is C20H17Br2N3O2. The summed E-state index contributed by atoms with van der Waals surface area (Å²) in [7, 11) is 0. The number of hydrogen-bond acceptors (Lipinski definition) is 3. The van der Waals surface area contributed by atoms with Gasteiger partial charge >= 0.3 is 0 Å². The second-order valence-corrected chi connectivity index (χ2v) is 7.83. The quantitative estimate of drug-likeness (QED) is 0.395. The molecule has 5 nitrogen and oxygen atoms in total. The summed E-state index contributed by atoms with van der Waals surface area (Å²) in [6.07, 6.45) is 1.60. The number of benzene rings is 2. The highest BCUT2D eigenvalue weighted by Gasteiger charge is 2.12. The average Bonchev–Trinajstić information content (AvgIpc) is 2.91. The predicted octanol–water partition coefficient (Wildman–Crippen LogP) is 5.09. The van der Waals surface area contributed by atoms with Gasteiger partial charge in [-0.25, -0.2) is 5.43 Å². The minimum Gasteiger partial charge on any atom is -0.507 e. The number of carbonyl (C=O) groups excluding carboxylic acids is 1. The summed E-state index contributed by atoms with van der Waals surface area (Å²) in [6, 6.07) is 14.7. The van der Waals surface area contributed by atoms with Crippen LogP contribution in [0.1, 0.15) is 27.3 Å². The van der Waals surface area contributed by atoms with Crippen LogP contribution < -0.4 is 5.43 Å². The first kappa shape index (κ1) is 19.4. The van der Waals surface area contributed by atoms with Crippen LogP contribution in [0.3, 0.4) is 0 Å². The van der Waals surface area contributed by atoms with E-state index in [4.69, 9.17) is 0 Å². The van der Waals surface area contributed by atoms with Gasteiger partial charge in [-0.1, -0.05) is 31.9 Å². The summed E-state index contributed by atoms with van der Waals surface area (Å²) < 4.78 is 3.84. The SMILES string of the molecule is Cc1cc(/C=N/NC(=O)c2cc(Br)ccc2O)c(C)n1-c1ccc(Br)cc1. The van der Waals surface area contributed by atoms with Crippen molar-refractivity contribution in [2.24, 2.45) is 5.10 Å². The number of amides is 1. The molecule has 1 aromatic heterocycles. The smallest absolute Gasteiger partial charge is 0.275 e. The van der Waals surface area contributed by atoms with Gasteiger partial charge in [-0.2, -0.15) is 5.10 Å². The number of halogens is 2. The van der Waals surface area contributed by atoms with Crippen LogP contribution in [0.25, 0.3) is 5.69 Å². The fraction of sp³-hybridized carbons (Fsp3) is 0.100. The molecule has 2 aromatic carbocycles. The van der Waals surface area contributed by atoms with Crippen LogP contribution in [-0.4, -0.2) is 21.8 Å². The summed E-state index contributed by atoms with van der Waals surface area (Å²) in [5, 5.41) is 13.9.